The molecule has 6 heteroatoms. The van der Waals surface area contributed by atoms with Crippen LogP contribution in [0.3, 0.4) is 0 Å². The summed E-state index contributed by atoms with van der Waals surface area (Å²) in [6, 6.07) is 0. The van der Waals surface area contributed by atoms with Gasteiger partial charge in [-0.2, -0.15) is 0 Å². The molecule has 0 aromatic rings. The average Bonchev–Trinajstić information content (AvgIpc) is 1.62. The molecule has 0 aliphatic carbocycles. The van der Waals surface area contributed by atoms with Crippen molar-refractivity contribution in [3.05, 3.63) is 0 Å². The fourth-order valence-electron chi connectivity index (χ4n) is 0.307. The molecule has 3 nitrogen and oxygen atoms in total. The van der Waals surface area contributed by atoms with Gasteiger partial charge in [0.2, 0.25) is 0 Å². The molecule has 0 aromatic carbocycles. The zero-order valence-electron chi connectivity index (χ0n) is 4.50. The van der Waals surface area contributed by atoms with E-state index in [0.717, 1.165) is 0 Å². The van der Waals surface area contributed by atoms with Gasteiger partial charge in [-0.3, -0.25) is 4.57 Å². The molecule has 0 aliphatic heterocycles. The predicted molar refractivity (Wildman–Crippen MR) is 27.8 cm³/mol. The number of hydrogen-bond acceptors (Lipinski definition) is 1. The van der Waals surface area contributed by atoms with Crippen molar-refractivity contribution in [2.24, 2.45) is 0 Å². The minimum atomic E-state index is -4.35. The zero-order chi connectivity index (χ0) is 7.49. The van der Waals surface area contributed by atoms with Gasteiger partial charge >= 0.3 is 7.60 Å². The SMILES string of the molecule is O=P(O)(O)CC(F)CF. The Balaban J connectivity index is 3.60. The Bertz CT molecular complexity index is 122. The molecule has 2 N–H and O–H groups in total. The summed E-state index contributed by atoms with van der Waals surface area (Å²) < 4.78 is 32.8. The number of rotatable bonds is 3. The lowest BCUT2D eigenvalue weighted by Crippen LogP contribution is -2.08. The Hall–Kier alpha value is 0.01000. The second-order valence-electron chi connectivity index (χ2n) is 1.60. The molecule has 0 spiro atoms. The fraction of sp³-hybridized carbons (Fsp3) is 1.00. The van der Waals surface area contributed by atoms with Crippen LogP contribution in [-0.2, 0) is 4.57 Å². The van der Waals surface area contributed by atoms with Crippen LogP contribution in [0.5, 0.6) is 0 Å². The van der Waals surface area contributed by atoms with E-state index in [-0.39, 0.29) is 0 Å². The molecule has 0 saturated heterocycles. The number of hydrogen-bond donors (Lipinski definition) is 2. The van der Waals surface area contributed by atoms with Gasteiger partial charge in [-0.05, 0) is 0 Å². The van der Waals surface area contributed by atoms with Gasteiger partial charge in [-0.15, -0.1) is 0 Å². The first kappa shape index (κ1) is 9.01. The van der Waals surface area contributed by atoms with Gasteiger partial charge < -0.3 is 9.79 Å². The molecule has 56 valence electrons. The Morgan fingerprint density at radius 3 is 2.11 bits per heavy atom. The fourth-order valence-corrected chi connectivity index (χ4v) is 0.921. The third-order valence-electron chi connectivity index (χ3n) is 0.603. The molecular weight excluding hydrogens is 153 g/mol. The van der Waals surface area contributed by atoms with Crippen LogP contribution in [0.1, 0.15) is 0 Å². The zero-order valence-corrected chi connectivity index (χ0v) is 5.39. The maximum Gasteiger partial charge on any atom is 0.328 e. The van der Waals surface area contributed by atoms with Crippen molar-refractivity contribution < 1.29 is 23.1 Å². The lowest BCUT2D eigenvalue weighted by Gasteiger charge is -2.03. The summed E-state index contributed by atoms with van der Waals surface area (Å²) in [7, 11) is -4.35. The molecule has 9 heavy (non-hydrogen) atoms. The van der Waals surface area contributed by atoms with Crippen LogP contribution >= 0.6 is 7.60 Å². The van der Waals surface area contributed by atoms with Gasteiger partial charge in [0.1, 0.15) is 12.8 Å². The van der Waals surface area contributed by atoms with E-state index in [2.05, 4.69) is 0 Å². The maximum absolute atomic E-state index is 11.8. The van der Waals surface area contributed by atoms with E-state index in [1.54, 1.807) is 0 Å². The van der Waals surface area contributed by atoms with E-state index >= 15 is 0 Å². The average molecular weight is 160 g/mol. The molecule has 0 amide bonds. The Morgan fingerprint density at radius 1 is 1.56 bits per heavy atom. The highest BCUT2D eigenvalue weighted by Crippen LogP contribution is 2.35. The molecule has 1 unspecified atom stereocenters. The second kappa shape index (κ2) is 3.25. The van der Waals surface area contributed by atoms with Crippen LogP contribution in [0, 0.1) is 0 Å². The minimum absolute atomic E-state index is 1.02. The third-order valence-corrected chi connectivity index (χ3v) is 1.48. The first-order chi connectivity index (χ1) is 3.95. The van der Waals surface area contributed by atoms with Gasteiger partial charge in [-0.1, -0.05) is 0 Å². The molecule has 1 atom stereocenters. The van der Waals surface area contributed by atoms with Crippen LogP contribution < -0.4 is 0 Å². The molecule has 0 saturated carbocycles. The smallest absolute Gasteiger partial charge is 0.324 e. The molecule has 0 radical (unpaired) electrons. The molecule has 0 heterocycles. The lowest BCUT2D eigenvalue weighted by molar-refractivity contribution is 0.266. The third kappa shape index (κ3) is 5.89. The monoisotopic (exact) mass is 160 g/mol. The number of halogens is 2. The predicted octanol–water partition coefficient (Wildman–Crippen LogP) is 0.472. The van der Waals surface area contributed by atoms with Gasteiger partial charge in [0.15, 0.2) is 0 Å². The van der Waals surface area contributed by atoms with Gasteiger partial charge in [0.25, 0.3) is 0 Å². The van der Waals surface area contributed by atoms with E-state index in [1.807, 2.05) is 0 Å². The van der Waals surface area contributed by atoms with Crippen molar-refractivity contribution in [3.63, 3.8) is 0 Å². The standard InChI is InChI=1S/C3H7F2O3P/c4-1-3(5)2-9(6,7)8/h3H,1-2H2,(H2,6,7,8). The topological polar surface area (TPSA) is 57.5 Å². The summed E-state index contributed by atoms with van der Waals surface area (Å²) in [5, 5.41) is 0. The molecule has 0 fully saturated rings. The summed E-state index contributed by atoms with van der Waals surface area (Å²) >= 11 is 0. The van der Waals surface area contributed by atoms with Gasteiger partial charge in [-0.25, -0.2) is 8.78 Å². The van der Waals surface area contributed by atoms with Crippen molar-refractivity contribution in [1.82, 2.24) is 0 Å². The Labute approximate surface area is 50.9 Å². The van der Waals surface area contributed by atoms with Crippen LogP contribution in [0.25, 0.3) is 0 Å². The highest BCUT2D eigenvalue weighted by molar-refractivity contribution is 7.51. The summed E-state index contributed by atoms with van der Waals surface area (Å²) in [6.07, 6.45) is -3.06. The van der Waals surface area contributed by atoms with Crippen LogP contribution in [0.15, 0.2) is 0 Å². The summed E-state index contributed by atoms with van der Waals surface area (Å²) in [4.78, 5) is 16.0. The normalized spacial score (nSPS) is 15.6. The van der Waals surface area contributed by atoms with E-state index in [9.17, 15) is 13.3 Å². The van der Waals surface area contributed by atoms with Crippen LogP contribution in [0.2, 0.25) is 0 Å². The van der Waals surface area contributed by atoms with Crippen molar-refractivity contribution in [3.8, 4) is 0 Å². The number of alkyl halides is 2. The van der Waals surface area contributed by atoms with Crippen molar-refractivity contribution >= 4 is 7.60 Å². The lowest BCUT2D eigenvalue weighted by atomic mass is 10.5. The molecule has 0 aromatic heterocycles. The summed E-state index contributed by atoms with van der Waals surface area (Å²) in [5.41, 5.74) is 0. The van der Waals surface area contributed by atoms with Crippen LogP contribution in [-0.4, -0.2) is 28.8 Å². The molecule has 0 bridgehead atoms. The maximum atomic E-state index is 11.8. The first-order valence-corrected chi connectivity index (χ1v) is 4.00. The van der Waals surface area contributed by atoms with Gasteiger partial charge in [0, 0.05) is 0 Å². The minimum Gasteiger partial charge on any atom is -0.324 e. The molecular formula is C3H7F2O3P. The van der Waals surface area contributed by atoms with Crippen molar-refractivity contribution in [1.29, 1.82) is 0 Å². The van der Waals surface area contributed by atoms with Crippen LogP contribution in [0.4, 0.5) is 8.78 Å². The van der Waals surface area contributed by atoms with Gasteiger partial charge in [0.05, 0.1) is 6.16 Å². The van der Waals surface area contributed by atoms with E-state index in [1.165, 1.54) is 0 Å². The highest BCUT2D eigenvalue weighted by atomic mass is 31.2. The van der Waals surface area contributed by atoms with E-state index in [0.29, 0.717) is 0 Å². The van der Waals surface area contributed by atoms with E-state index < -0.39 is 26.6 Å². The first-order valence-electron chi connectivity index (χ1n) is 2.20. The highest BCUT2D eigenvalue weighted by Gasteiger charge is 2.20. The van der Waals surface area contributed by atoms with E-state index in [4.69, 9.17) is 9.79 Å². The summed E-state index contributed by atoms with van der Waals surface area (Å²) in [6.45, 7) is -1.34. The largest absolute Gasteiger partial charge is 0.328 e. The molecule has 0 aliphatic rings. The van der Waals surface area contributed by atoms with Crippen molar-refractivity contribution in [2.45, 2.75) is 6.17 Å². The van der Waals surface area contributed by atoms with Crippen molar-refractivity contribution in [2.75, 3.05) is 12.8 Å². The Morgan fingerprint density at radius 2 is 2.00 bits per heavy atom. The quantitative estimate of drug-likeness (QED) is 0.590. The second-order valence-corrected chi connectivity index (χ2v) is 3.29. The summed E-state index contributed by atoms with van der Waals surface area (Å²) in [5.74, 6) is 0. The Kier molecular flexibility index (Phi) is 3.25. The molecule has 0 rings (SSSR count).